The first-order chi connectivity index (χ1) is 18.3. The number of hydrogen-bond acceptors (Lipinski definition) is 6. The fourth-order valence-electron chi connectivity index (χ4n) is 5.19. The summed E-state index contributed by atoms with van der Waals surface area (Å²) in [6.07, 6.45) is 3.25. The van der Waals surface area contributed by atoms with Crippen LogP contribution in [0.15, 0.2) is 51.9 Å². The first-order valence-electron chi connectivity index (χ1n) is 12.5. The molecule has 3 heterocycles. The Hall–Kier alpha value is -3.86. The van der Waals surface area contributed by atoms with E-state index in [-0.39, 0.29) is 24.6 Å². The van der Waals surface area contributed by atoms with Crippen molar-refractivity contribution in [2.24, 2.45) is 7.05 Å². The normalized spacial score (nSPS) is 20.5. The van der Waals surface area contributed by atoms with E-state index in [9.17, 15) is 18.4 Å². The Bertz CT molecular complexity index is 1500. The lowest BCUT2D eigenvalue weighted by Gasteiger charge is -2.35. The molecule has 11 heteroatoms. The number of aryl methyl sites for hydroxylation is 1. The van der Waals surface area contributed by atoms with Gasteiger partial charge in [-0.05, 0) is 55.5 Å². The van der Waals surface area contributed by atoms with E-state index < -0.39 is 28.9 Å². The summed E-state index contributed by atoms with van der Waals surface area (Å²) in [6, 6.07) is 8.16. The van der Waals surface area contributed by atoms with Crippen LogP contribution in [0.3, 0.4) is 0 Å². The van der Waals surface area contributed by atoms with Crippen molar-refractivity contribution in [1.29, 1.82) is 0 Å². The summed E-state index contributed by atoms with van der Waals surface area (Å²) in [4.78, 5) is 32.4. The Kier molecular flexibility index (Phi) is 7.11. The maximum Gasteiger partial charge on any atom is 0.269 e. The molecular formula is C27H29F2N5O4. The Morgan fingerprint density at radius 3 is 2.82 bits per heavy atom. The van der Waals surface area contributed by atoms with E-state index in [1.807, 2.05) is 0 Å². The van der Waals surface area contributed by atoms with Crippen LogP contribution < -0.4 is 10.9 Å². The molecule has 1 atom stereocenters. The van der Waals surface area contributed by atoms with Gasteiger partial charge in [0.15, 0.2) is 5.58 Å². The van der Waals surface area contributed by atoms with Crippen LogP contribution in [0.1, 0.15) is 59.1 Å². The van der Waals surface area contributed by atoms with E-state index in [4.69, 9.17) is 14.1 Å². The molecule has 3 aromatic heterocycles. The number of rotatable bonds is 8. The zero-order valence-electron chi connectivity index (χ0n) is 21.2. The van der Waals surface area contributed by atoms with Gasteiger partial charge in [-0.1, -0.05) is 6.07 Å². The molecule has 1 saturated carbocycles. The lowest BCUT2D eigenvalue weighted by Crippen LogP contribution is -2.44. The van der Waals surface area contributed by atoms with Gasteiger partial charge in [0.2, 0.25) is 5.89 Å². The quantitative estimate of drug-likeness (QED) is 0.362. The molecule has 9 nitrogen and oxygen atoms in total. The smallest absolute Gasteiger partial charge is 0.269 e. The monoisotopic (exact) mass is 525 g/mol. The Labute approximate surface area is 217 Å². The number of halogens is 2. The molecule has 2 N–H and O–H groups in total. The fourth-order valence-corrected chi connectivity index (χ4v) is 5.19. The lowest BCUT2D eigenvalue weighted by atomic mass is 9.73. The molecule has 0 unspecified atom stereocenters. The number of pyridine rings is 1. The fraction of sp³-hybridized carbons (Fsp3) is 0.407. The standard InChI is InChI=1S/C27H29F2N5O4/c1-34-22(7-10-32-34)25(36)31-15-27(8-5-17(28)6-9-27)26-33-21-11-16(3-4-23(21)38-26)20(14-37-2)19-12-18(29)13-30-24(19)35/h3-4,7,10-13,17,20H,5-6,8-9,14-15H2,1-2H3,(H,30,35)(H,31,36)/t17?,20-,27?/m1/s1. The van der Waals surface area contributed by atoms with Crippen LogP contribution in [0.5, 0.6) is 0 Å². The number of H-pyrrole nitrogens is 1. The highest BCUT2D eigenvalue weighted by Crippen LogP contribution is 2.41. The van der Waals surface area contributed by atoms with Crippen LogP contribution in [0, 0.1) is 5.82 Å². The van der Waals surface area contributed by atoms with Gasteiger partial charge in [0.05, 0.1) is 12.0 Å². The van der Waals surface area contributed by atoms with Gasteiger partial charge in [-0.15, -0.1) is 0 Å². The minimum Gasteiger partial charge on any atom is -0.440 e. The molecule has 1 aromatic carbocycles. The minimum absolute atomic E-state index is 0.157. The number of nitrogens with one attached hydrogen (secondary N) is 2. The van der Waals surface area contributed by atoms with Crippen molar-refractivity contribution in [3.8, 4) is 0 Å². The molecule has 0 bridgehead atoms. The molecule has 0 saturated heterocycles. The Morgan fingerprint density at radius 1 is 1.32 bits per heavy atom. The summed E-state index contributed by atoms with van der Waals surface area (Å²) < 4.78 is 41.1. The van der Waals surface area contributed by atoms with Gasteiger partial charge in [0, 0.05) is 44.6 Å². The Balaban J connectivity index is 1.48. The van der Waals surface area contributed by atoms with Crippen molar-refractivity contribution in [2.75, 3.05) is 20.3 Å². The van der Waals surface area contributed by atoms with E-state index in [0.717, 1.165) is 6.20 Å². The number of aromatic nitrogens is 4. The molecule has 0 spiro atoms. The van der Waals surface area contributed by atoms with Gasteiger partial charge < -0.3 is 19.5 Å². The summed E-state index contributed by atoms with van der Waals surface area (Å²) in [5, 5.41) is 7.00. The maximum absolute atomic E-state index is 14.1. The minimum atomic E-state index is -0.911. The summed E-state index contributed by atoms with van der Waals surface area (Å²) >= 11 is 0. The van der Waals surface area contributed by atoms with Gasteiger partial charge in [0.1, 0.15) is 23.2 Å². The molecule has 0 aliphatic heterocycles. The third kappa shape index (κ3) is 4.98. The van der Waals surface area contributed by atoms with Crippen molar-refractivity contribution >= 4 is 17.0 Å². The van der Waals surface area contributed by atoms with Crippen molar-refractivity contribution in [3.63, 3.8) is 0 Å². The second-order valence-electron chi connectivity index (χ2n) is 9.83. The van der Waals surface area contributed by atoms with Crippen LogP contribution in [0.2, 0.25) is 0 Å². The number of benzene rings is 1. The average molecular weight is 526 g/mol. The summed E-state index contributed by atoms with van der Waals surface area (Å²) in [5.41, 5.74) is 1.35. The van der Waals surface area contributed by atoms with Crippen molar-refractivity contribution in [1.82, 2.24) is 25.1 Å². The van der Waals surface area contributed by atoms with Gasteiger partial charge >= 0.3 is 0 Å². The van der Waals surface area contributed by atoms with Crippen LogP contribution in [0.4, 0.5) is 8.78 Å². The molecule has 5 rings (SSSR count). The first-order valence-corrected chi connectivity index (χ1v) is 12.5. The van der Waals surface area contributed by atoms with E-state index >= 15 is 0 Å². The average Bonchev–Trinajstić information content (AvgIpc) is 3.54. The highest BCUT2D eigenvalue weighted by molar-refractivity contribution is 5.92. The molecule has 200 valence electrons. The molecular weight excluding hydrogens is 496 g/mol. The van der Waals surface area contributed by atoms with E-state index in [1.54, 1.807) is 37.5 Å². The highest BCUT2D eigenvalue weighted by Gasteiger charge is 2.42. The number of fused-ring (bicyclic) bond motifs is 1. The zero-order chi connectivity index (χ0) is 26.9. The molecule has 1 aliphatic carbocycles. The molecule has 1 aliphatic rings. The molecule has 38 heavy (non-hydrogen) atoms. The summed E-state index contributed by atoms with van der Waals surface area (Å²) in [7, 11) is 3.20. The first kappa shape index (κ1) is 25.8. The van der Waals surface area contributed by atoms with Gasteiger partial charge in [-0.25, -0.2) is 13.8 Å². The summed E-state index contributed by atoms with van der Waals surface area (Å²) in [6.45, 7) is 0.388. The topological polar surface area (TPSA) is 115 Å². The van der Waals surface area contributed by atoms with E-state index in [2.05, 4.69) is 15.4 Å². The third-order valence-electron chi connectivity index (χ3n) is 7.39. The lowest BCUT2D eigenvalue weighted by molar-refractivity contribution is 0.0909. The van der Waals surface area contributed by atoms with Crippen LogP contribution >= 0.6 is 0 Å². The summed E-state index contributed by atoms with van der Waals surface area (Å²) in [5.74, 6) is -0.941. The molecule has 0 radical (unpaired) electrons. The van der Waals surface area contributed by atoms with Crippen molar-refractivity contribution in [3.05, 3.63) is 81.6 Å². The van der Waals surface area contributed by atoms with Crippen LogP contribution in [-0.4, -0.2) is 52.1 Å². The largest absolute Gasteiger partial charge is 0.440 e. The SMILES string of the molecule is COC[C@H](c1ccc2oc(C3(CNC(=O)c4ccnn4C)CCC(F)CC3)nc2c1)c1cc(F)c[nH]c1=O. The zero-order valence-corrected chi connectivity index (χ0v) is 21.2. The maximum atomic E-state index is 14.1. The number of ether oxygens (including phenoxy) is 1. The number of carbonyl (C=O) groups excluding carboxylic acids is 1. The number of carbonyl (C=O) groups is 1. The van der Waals surface area contributed by atoms with E-state index in [1.165, 1.54) is 17.9 Å². The number of amides is 1. The third-order valence-corrected chi connectivity index (χ3v) is 7.39. The number of alkyl halides is 1. The molecule has 1 amide bonds. The van der Waals surface area contributed by atoms with Crippen molar-refractivity contribution in [2.45, 2.75) is 43.2 Å². The molecule has 4 aromatic rings. The number of methoxy groups -OCH3 is 1. The Morgan fingerprint density at radius 2 is 2.11 bits per heavy atom. The van der Waals surface area contributed by atoms with Crippen LogP contribution in [-0.2, 0) is 17.2 Å². The van der Waals surface area contributed by atoms with Gasteiger partial charge in [0.25, 0.3) is 11.5 Å². The number of aromatic amines is 1. The number of hydrogen-bond donors (Lipinski definition) is 2. The predicted octanol–water partition coefficient (Wildman–Crippen LogP) is 3.75. The second-order valence-corrected chi connectivity index (χ2v) is 9.83. The van der Waals surface area contributed by atoms with Gasteiger partial charge in [-0.3, -0.25) is 14.3 Å². The van der Waals surface area contributed by atoms with Gasteiger partial charge in [-0.2, -0.15) is 5.10 Å². The number of oxazole rings is 1. The predicted molar refractivity (Wildman–Crippen MR) is 135 cm³/mol. The van der Waals surface area contributed by atoms with E-state index in [0.29, 0.717) is 53.9 Å². The molecule has 1 fully saturated rings. The van der Waals surface area contributed by atoms with Crippen LogP contribution in [0.25, 0.3) is 11.1 Å². The highest BCUT2D eigenvalue weighted by atomic mass is 19.1. The van der Waals surface area contributed by atoms with Crippen molar-refractivity contribution < 1.29 is 22.7 Å². The second kappa shape index (κ2) is 10.5. The number of nitrogens with zero attached hydrogens (tertiary/aromatic N) is 3.